The fourth-order valence-electron chi connectivity index (χ4n) is 2.22. The van der Waals surface area contributed by atoms with Crippen molar-refractivity contribution in [2.45, 2.75) is 18.8 Å². The standard InChI is InChI=1S/C12H15Cl2NO2S/c1-9-8-18(16,17)5-4-15(9)12-3-2-10(7-13)6-11(12)14/h2-3,6,9H,4-5,7-8H2,1H3. The van der Waals surface area contributed by atoms with E-state index < -0.39 is 9.84 Å². The molecule has 1 atom stereocenters. The number of hydrogen-bond donors (Lipinski definition) is 0. The Labute approximate surface area is 118 Å². The molecule has 3 nitrogen and oxygen atoms in total. The Balaban J connectivity index is 2.27. The van der Waals surface area contributed by atoms with Gasteiger partial charge in [0.2, 0.25) is 0 Å². The van der Waals surface area contributed by atoms with E-state index in [4.69, 9.17) is 23.2 Å². The van der Waals surface area contributed by atoms with Gasteiger partial charge in [0.25, 0.3) is 0 Å². The number of halogens is 2. The summed E-state index contributed by atoms with van der Waals surface area (Å²) in [5.74, 6) is 0.787. The van der Waals surface area contributed by atoms with E-state index in [1.54, 1.807) is 0 Å². The monoisotopic (exact) mass is 307 g/mol. The van der Waals surface area contributed by atoms with Gasteiger partial charge < -0.3 is 4.90 Å². The predicted molar refractivity (Wildman–Crippen MR) is 76.5 cm³/mol. The molecule has 100 valence electrons. The maximum atomic E-state index is 11.5. The number of alkyl halides is 1. The van der Waals surface area contributed by atoms with E-state index >= 15 is 0 Å². The van der Waals surface area contributed by atoms with Crippen molar-refractivity contribution in [1.29, 1.82) is 0 Å². The van der Waals surface area contributed by atoms with Gasteiger partial charge in [-0.15, -0.1) is 11.6 Å². The molecule has 1 heterocycles. The number of nitrogens with zero attached hydrogens (tertiary/aromatic N) is 1. The minimum absolute atomic E-state index is 0.0527. The van der Waals surface area contributed by atoms with Crippen LogP contribution in [0.1, 0.15) is 12.5 Å². The van der Waals surface area contributed by atoms with E-state index in [0.717, 1.165) is 11.3 Å². The SMILES string of the molecule is CC1CS(=O)(=O)CCN1c1ccc(CCl)cc1Cl. The van der Waals surface area contributed by atoms with Crippen LogP contribution in [0, 0.1) is 0 Å². The number of sulfone groups is 1. The number of rotatable bonds is 2. The van der Waals surface area contributed by atoms with Gasteiger partial charge in [0, 0.05) is 18.5 Å². The van der Waals surface area contributed by atoms with Crippen LogP contribution in [0.4, 0.5) is 5.69 Å². The summed E-state index contributed by atoms with van der Waals surface area (Å²) >= 11 is 12.0. The Kier molecular flexibility index (Phi) is 4.09. The highest BCUT2D eigenvalue weighted by Crippen LogP contribution is 2.30. The van der Waals surface area contributed by atoms with E-state index in [1.807, 2.05) is 30.0 Å². The lowest BCUT2D eigenvalue weighted by Crippen LogP contribution is -2.47. The second-order valence-electron chi connectivity index (χ2n) is 4.58. The molecule has 18 heavy (non-hydrogen) atoms. The minimum Gasteiger partial charge on any atom is -0.366 e. The maximum absolute atomic E-state index is 11.5. The first-order chi connectivity index (χ1) is 8.43. The molecule has 0 aromatic heterocycles. The van der Waals surface area contributed by atoms with Crippen LogP contribution in [-0.4, -0.2) is 32.5 Å². The highest BCUT2D eigenvalue weighted by Gasteiger charge is 2.29. The molecule has 0 spiro atoms. The molecule has 2 rings (SSSR count). The third kappa shape index (κ3) is 2.92. The van der Waals surface area contributed by atoms with Crippen LogP contribution in [0.15, 0.2) is 18.2 Å². The van der Waals surface area contributed by atoms with Crippen molar-refractivity contribution >= 4 is 38.7 Å². The normalized spacial score (nSPS) is 23.1. The molecular weight excluding hydrogens is 293 g/mol. The van der Waals surface area contributed by atoms with Gasteiger partial charge in [0.15, 0.2) is 9.84 Å². The first-order valence-electron chi connectivity index (χ1n) is 5.74. The fourth-order valence-corrected chi connectivity index (χ4v) is 4.26. The molecule has 0 radical (unpaired) electrons. The molecule has 1 aromatic rings. The van der Waals surface area contributed by atoms with E-state index in [9.17, 15) is 8.42 Å². The number of hydrogen-bond acceptors (Lipinski definition) is 3. The van der Waals surface area contributed by atoms with Gasteiger partial charge in [-0.1, -0.05) is 17.7 Å². The van der Waals surface area contributed by atoms with Gasteiger partial charge in [-0.25, -0.2) is 8.42 Å². The molecule has 1 aromatic carbocycles. The van der Waals surface area contributed by atoms with E-state index in [2.05, 4.69) is 0 Å². The summed E-state index contributed by atoms with van der Waals surface area (Å²) < 4.78 is 23.1. The lowest BCUT2D eigenvalue weighted by atomic mass is 10.2. The van der Waals surface area contributed by atoms with Gasteiger partial charge in [-0.2, -0.15) is 0 Å². The largest absolute Gasteiger partial charge is 0.366 e. The third-order valence-corrected chi connectivity index (χ3v) is 5.55. The van der Waals surface area contributed by atoms with Crippen molar-refractivity contribution < 1.29 is 8.42 Å². The second kappa shape index (κ2) is 5.27. The Bertz CT molecular complexity index is 545. The molecule has 0 amide bonds. The van der Waals surface area contributed by atoms with Crippen LogP contribution in [0.3, 0.4) is 0 Å². The van der Waals surface area contributed by atoms with Crippen molar-refractivity contribution in [3.63, 3.8) is 0 Å². The van der Waals surface area contributed by atoms with Crippen molar-refractivity contribution in [3.05, 3.63) is 28.8 Å². The molecule has 6 heteroatoms. The van der Waals surface area contributed by atoms with Crippen LogP contribution >= 0.6 is 23.2 Å². The molecule has 1 aliphatic heterocycles. The van der Waals surface area contributed by atoms with E-state index in [1.165, 1.54) is 0 Å². The molecule has 1 aliphatic rings. The Morgan fingerprint density at radius 3 is 2.72 bits per heavy atom. The summed E-state index contributed by atoms with van der Waals surface area (Å²) in [6.07, 6.45) is 0. The van der Waals surface area contributed by atoms with Crippen LogP contribution < -0.4 is 4.90 Å². The van der Waals surface area contributed by atoms with Gasteiger partial charge in [-0.05, 0) is 24.6 Å². The third-order valence-electron chi connectivity index (χ3n) is 3.15. The molecule has 1 saturated heterocycles. The number of anilines is 1. The lowest BCUT2D eigenvalue weighted by molar-refractivity contribution is 0.568. The fraction of sp³-hybridized carbons (Fsp3) is 0.500. The van der Waals surface area contributed by atoms with Crippen molar-refractivity contribution in [2.75, 3.05) is 23.0 Å². The Morgan fingerprint density at radius 2 is 2.17 bits per heavy atom. The zero-order chi connectivity index (χ0) is 13.3. The first kappa shape index (κ1) is 14.0. The number of benzene rings is 1. The summed E-state index contributed by atoms with van der Waals surface area (Å²) in [5.41, 5.74) is 1.84. The lowest BCUT2D eigenvalue weighted by Gasteiger charge is -2.35. The van der Waals surface area contributed by atoms with Crippen LogP contribution in [0.2, 0.25) is 5.02 Å². The highest BCUT2D eigenvalue weighted by atomic mass is 35.5. The quantitative estimate of drug-likeness (QED) is 0.788. The zero-order valence-corrected chi connectivity index (χ0v) is 12.4. The first-order valence-corrected chi connectivity index (χ1v) is 8.48. The van der Waals surface area contributed by atoms with E-state index in [0.29, 0.717) is 17.4 Å². The van der Waals surface area contributed by atoms with Gasteiger partial charge in [-0.3, -0.25) is 0 Å². The topological polar surface area (TPSA) is 37.4 Å². The molecule has 0 aliphatic carbocycles. The Hall–Kier alpha value is -0.450. The Morgan fingerprint density at radius 1 is 1.44 bits per heavy atom. The van der Waals surface area contributed by atoms with Crippen molar-refractivity contribution in [2.24, 2.45) is 0 Å². The molecule has 0 N–H and O–H groups in total. The summed E-state index contributed by atoms with van der Waals surface area (Å²) in [7, 11) is -2.90. The zero-order valence-electron chi connectivity index (χ0n) is 10.1. The van der Waals surface area contributed by atoms with E-state index in [-0.39, 0.29) is 17.5 Å². The summed E-state index contributed by atoms with van der Waals surface area (Å²) in [4.78, 5) is 2.04. The molecule has 0 bridgehead atoms. The summed E-state index contributed by atoms with van der Waals surface area (Å²) in [6.45, 7) is 2.39. The average Bonchev–Trinajstić information content (AvgIpc) is 2.29. The maximum Gasteiger partial charge on any atom is 0.154 e. The van der Waals surface area contributed by atoms with Crippen LogP contribution in [-0.2, 0) is 15.7 Å². The molecule has 1 unspecified atom stereocenters. The molecule has 0 saturated carbocycles. The van der Waals surface area contributed by atoms with Gasteiger partial charge in [0.1, 0.15) is 0 Å². The predicted octanol–water partition coefficient (Wildman–Crippen LogP) is 2.70. The van der Waals surface area contributed by atoms with Crippen LogP contribution in [0.5, 0.6) is 0 Å². The van der Waals surface area contributed by atoms with Crippen molar-refractivity contribution in [1.82, 2.24) is 0 Å². The van der Waals surface area contributed by atoms with Crippen LogP contribution in [0.25, 0.3) is 0 Å². The van der Waals surface area contributed by atoms with Gasteiger partial charge in [0.05, 0.1) is 22.2 Å². The van der Waals surface area contributed by atoms with Crippen molar-refractivity contribution in [3.8, 4) is 0 Å². The molecule has 1 fully saturated rings. The summed E-state index contributed by atoms with van der Waals surface area (Å²) in [5, 5.41) is 0.624. The average molecular weight is 308 g/mol. The smallest absolute Gasteiger partial charge is 0.154 e. The highest BCUT2D eigenvalue weighted by molar-refractivity contribution is 7.91. The molecular formula is C12H15Cl2NO2S. The minimum atomic E-state index is -2.90. The second-order valence-corrected chi connectivity index (χ2v) is 7.48. The summed E-state index contributed by atoms with van der Waals surface area (Å²) in [6, 6.07) is 5.61. The van der Waals surface area contributed by atoms with Gasteiger partial charge >= 0.3 is 0 Å².